The second kappa shape index (κ2) is 9.50. The number of sulfonamides is 1. The Labute approximate surface area is 196 Å². The maximum absolute atomic E-state index is 12.7. The van der Waals surface area contributed by atoms with E-state index in [1.807, 2.05) is 6.07 Å². The molecule has 1 unspecified atom stereocenters. The number of carbonyl (C=O) groups is 2. The molecule has 1 aliphatic carbocycles. The lowest BCUT2D eigenvalue weighted by Crippen LogP contribution is -2.41. The molecule has 33 heavy (non-hydrogen) atoms. The zero-order chi connectivity index (χ0) is 23.6. The van der Waals surface area contributed by atoms with Gasteiger partial charge >= 0.3 is 0 Å². The summed E-state index contributed by atoms with van der Waals surface area (Å²) in [7, 11) is -3.87. The van der Waals surface area contributed by atoms with Crippen LogP contribution in [-0.4, -0.2) is 20.2 Å². The van der Waals surface area contributed by atoms with Crippen molar-refractivity contribution in [1.29, 1.82) is 0 Å². The predicted octanol–water partition coefficient (Wildman–Crippen LogP) is 3.33. The summed E-state index contributed by atoms with van der Waals surface area (Å²) in [6.07, 6.45) is 4.49. The van der Waals surface area contributed by atoms with E-state index in [-0.39, 0.29) is 17.0 Å². The number of carbonyl (C=O) groups excluding carboxylic acids is 2. The number of amides is 2. The van der Waals surface area contributed by atoms with Gasteiger partial charge in [0.05, 0.1) is 22.6 Å². The van der Waals surface area contributed by atoms with Gasteiger partial charge in [0.15, 0.2) is 0 Å². The van der Waals surface area contributed by atoms with E-state index in [1.54, 1.807) is 25.1 Å². The van der Waals surface area contributed by atoms with E-state index in [0.717, 1.165) is 19.3 Å². The molecular formula is C23H25N3O5S2. The number of hydrazine groups is 1. The number of hydrogen-bond donors (Lipinski definition) is 3. The van der Waals surface area contributed by atoms with Crippen LogP contribution in [0.3, 0.4) is 0 Å². The van der Waals surface area contributed by atoms with Crippen LogP contribution in [0.2, 0.25) is 0 Å². The molecule has 3 N–H and O–H groups in total. The van der Waals surface area contributed by atoms with Crippen molar-refractivity contribution in [3.05, 3.63) is 74.9 Å². The number of hydrogen-bond acceptors (Lipinski definition) is 6. The Bertz CT molecular complexity index is 1280. The van der Waals surface area contributed by atoms with Crippen molar-refractivity contribution in [2.45, 2.75) is 44.6 Å². The summed E-state index contributed by atoms with van der Waals surface area (Å²) in [4.78, 5) is 27.0. The first-order chi connectivity index (χ1) is 15.7. The molecule has 0 bridgehead atoms. The van der Waals surface area contributed by atoms with Crippen molar-refractivity contribution >= 4 is 33.2 Å². The van der Waals surface area contributed by atoms with Gasteiger partial charge in [-0.1, -0.05) is 13.0 Å². The molecule has 0 aliphatic heterocycles. The third-order valence-electron chi connectivity index (χ3n) is 5.62. The first-order valence-corrected chi connectivity index (χ1v) is 12.9. The first-order valence-electron chi connectivity index (χ1n) is 10.6. The first kappa shape index (κ1) is 23.2. The van der Waals surface area contributed by atoms with Crippen LogP contribution >= 0.6 is 11.3 Å². The normalized spacial score (nSPS) is 15.6. The fourth-order valence-electron chi connectivity index (χ4n) is 3.74. The molecule has 2 amide bonds. The summed E-state index contributed by atoms with van der Waals surface area (Å²) in [6, 6.07) is 9.47. The fraction of sp³-hybridized carbons (Fsp3) is 0.304. The number of benzene rings is 1. The Morgan fingerprint density at radius 1 is 1.15 bits per heavy atom. The standard InChI is InChI=1S/C23H25N3O5S2/c1-14-5-8-20-16(10-14)11-21(32-20)23(28)26-25-22(27)19-12-18(7-6-15(19)2)33(29,30)24-13-17-4-3-9-31-17/h3-4,6-7,9,11-12,14,24H,5,8,10,13H2,1-2H3,(H,25,27)(H,26,28). The summed E-state index contributed by atoms with van der Waals surface area (Å²) in [5, 5.41) is 0. The van der Waals surface area contributed by atoms with E-state index in [1.165, 1.54) is 40.2 Å². The maximum Gasteiger partial charge on any atom is 0.279 e. The Kier molecular flexibility index (Phi) is 6.68. The van der Waals surface area contributed by atoms with Crippen molar-refractivity contribution in [3.8, 4) is 0 Å². The number of aryl methyl sites for hydroxylation is 2. The Balaban J connectivity index is 1.42. The van der Waals surface area contributed by atoms with Gasteiger partial charge in [-0.15, -0.1) is 11.3 Å². The van der Waals surface area contributed by atoms with E-state index < -0.39 is 21.8 Å². The van der Waals surface area contributed by atoms with Crippen LogP contribution in [0.25, 0.3) is 0 Å². The quantitative estimate of drug-likeness (QED) is 0.461. The highest BCUT2D eigenvalue weighted by molar-refractivity contribution is 7.89. The molecule has 4 rings (SSSR count). The van der Waals surface area contributed by atoms with Crippen LogP contribution in [0.15, 0.2) is 52.0 Å². The SMILES string of the molecule is Cc1ccc(S(=O)(=O)NCc2ccco2)cc1C(=O)NNC(=O)c1cc2c(s1)CCC(C)C2. The van der Waals surface area contributed by atoms with Gasteiger partial charge in [0.25, 0.3) is 11.8 Å². The zero-order valence-corrected chi connectivity index (χ0v) is 19.9. The van der Waals surface area contributed by atoms with Crippen LogP contribution in [0.4, 0.5) is 0 Å². The lowest BCUT2D eigenvalue weighted by Gasteiger charge is -2.16. The van der Waals surface area contributed by atoms with Crippen LogP contribution in [0.5, 0.6) is 0 Å². The molecule has 0 fully saturated rings. The zero-order valence-electron chi connectivity index (χ0n) is 18.3. The van der Waals surface area contributed by atoms with Crippen molar-refractivity contribution in [2.75, 3.05) is 0 Å². The molecule has 8 nitrogen and oxygen atoms in total. The lowest BCUT2D eigenvalue weighted by atomic mass is 9.90. The van der Waals surface area contributed by atoms with Gasteiger partial charge in [0.1, 0.15) is 5.76 Å². The molecule has 3 aromatic rings. The van der Waals surface area contributed by atoms with Gasteiger partial charge < -0.3 is 4.42 Å². The van der Waals surface area contributed by atoms with Crippen LogP contribution in [-0.2, 0) is 29.4 Å². The molecule has 0 saturated carbocycles. The van der Waals surface area contributed by atoms with E-state index >= 15 is 0 Å². The largest absolute Gasteiger partial charge is 0.468 e. The lowest BCUT2D eigenvalue weighted by molar-refractivity contribution is 0.0848. The molecule has 174 valence electrons. The topological polar surface area (TPSA) is 118 Å². The fourth-order valence-corrected chi connectivity index (χ4v) is 5.86. The number of fused-ring (bicyclic) bond motifs is 1. The average molecular weight is 488 g/mol. The van der Waals surface area contributed by atoms with Crippen LogP contribution < -0.4 is 15.6 Å². The molecule has 0 radical (unpaired) electrons. The summed E-state index contributed by atoms with van der Waals surface area (Å²) in [5.41, 5.74) is 6.76. The summed E-state index contributed by atoms with van der Waals surface area (Å²) >= 11 is 1.45. The van der Waals surface area contributed by atoms with E-state index in [2.05, 4.69) is 22.5 Å². The molecule has 2 aromatic heterocycles. The van der Waals surface area contributed by atoms with Crippen molar-refractivity contribution in [1.82, 2.24) is 15.6 Å². The molecule has 0 saturated heterocycles. The Morgan fingerprint density at radius 3 is 2.70 bits per heavy atom. The number of rotatable bonds is 6. The Hall–Kier alpha value is -2.95. The second-order valence-corrected chi connectivity index (χ2v) is 11.1. The summed E-state index contributed by atoms with van der Waals surface area (Å²) in [6.45, 7) is 3.88. The molecule has 1 aromatic carbocycles. The summed E-state index contributed by atoms with van der Waals surface area (Å²) < 4.78 is 32.8. The van der Waals surface area contributed by atoms with Gasteiger partial charge in [0, 0.05) is 10.4 Å². The molecule has 2 heterocycles. The highest BCUT2D eigenvalue weighted by Gasteiger charge is 2.22. The van der Waals surface area contributed by atoms with Gasteiger partial charge in [-0.25, -0.2) is 13.1 Å². The molecule has 10 heteroatoms. The van der Waals surface area contributed by atoms with Crippen LogP contribution in [0.1, 0.15) is 55.1 Å². The van der Waals surface area contributed by atoms with Crippen molar-refractivity contribution in [3.63, 3.8) is 0 Å². The Morgan fingerprint density at radius 2 is 1.94 bits per heavy atom. The third-order valence-corrected chi connectivity index (χ3v) is 8.26. The average Bonchev–Trinajstić information content (AvgIpc) is 3.45. The molecule has 0 spiro atoms. The number of nitrogens with one attached hydrogen (secondary N) is 3. The maximum atomic E-state index is 12.7. The minimum atomic E-state index is -3.87. The van der Waals surface area contributed by atoms with Gasteiger partial charge in [0.2, 0.25) is 10.0 Å². The van der Waals surface area contributed by atoms with E-state index in [0.29, 0.717) is 22.1 Å². The number of thiophene rings is 1. The smallest absolute Gasteiger partial charge is 0.279 e. The number of furan rings is 1. The van der Waals surface area contributed by atoms with Gasteiger partial charge in [-0.2, -0.15) is 0 Å². The van der Waals surface area contributed by atoms with Crippen LogP contribution in [0, 0.1) is 12.8 Å². The van der Waals surface area contributed by atoms with Crippen molar-refractivity contribution < 1.29 is 22.4 Å². The van der Waals surface area contributed by atoms with E-state index in [4.69, 9.17) is 4.42 Å². The van der Waals surface area contributed by atoms with E-state index in [9.17, 15) is 18.0 Å². The minimum Gasteiger partial charge on any atom is -0.468 e. The monoisotopic (exact) mass is 487 g/mol. The van der Waals surface area contributed by atoms with Gasteiger partial charge in [-0.05, 0) is 73.6 Å². The highest BCUT2D eigenvalue weighted by Crippen LogP contribution is 2.32. The molecule has 1 atom stereocenters. The molecular weight excluding hydrogens is 462 g/mol. The second-order valence-electron chi connectivity index (χ2n) is 8.20. The minimum absolute atomic E-state index is 0.00956. The molecule has 1 aliphatic rings. The van der Waals surface area contributed by atoms with Gasteiger partial charge in [-0.3, -0.25) is 20.4 Å². The predicted molar refractivity (Wildman–Crippen MR) is 124 cm³/mol. The summed E-state index contributed by atoms with van der Waals surface area (Å²) in [5.74, 6) is 0.0784. The van der Waals surface area contributed by atoms with Crippen molar-refractivity contribution in [2.24, 2.45) is 5.92 Å². The highest BCUT2D eigenvalue weighted by atomic mass is 32.2. The third kappa shape index (κ3) is 5.35.